The van der Waals surface area contributed by atoms with Gasteiger partial charge in [0.05, 0.1) is 18.6 Å². The molecule has 2 unspecified atom stereocenters. The van der Waals surface area contributed by atoms with Crippen LogP contribution in [0.5, 0.6) is 0 Å². The molecule has 108 valence electrons. The standard InChI is InChI=1S/C12H21N3O3S/c1-14-9-11(7-13-14)12(16)6-10-4-3-5-15(8-10)19(2,17)18/h7,9-10,12,16H,3-6,8H2,1-2H3. The van der Waals surface area contributed by atoms with Crippen LogP contribution < -0.4 is 0 Å². The van der Waals surface area contributed by atoms with Gasteiger partial charge in [0.1, 0.15) is 0 Å². The molecule has 0 bridgehead atoms. The van der Waals surface area contributed by atoms with Crippen molar-refractivity contribution in [3.8, 4) is 0 Å². The highest BCUT2D eigenvalue weighted by Gasteiger charge is 2.27. The van der Waals surface area contributed by atoms with Gasteiger partial charge in [-0.25, -0.2) is 12.7 Å². The first kappa shape index (κ1) is 14.5. The predicted molar refractivity (Wildman–Crippen MR) is 71.9 cm³/mol. The van der Waals surface area contributed by atoms with Crippen molar-refractivity contribution in [1.29, 1.82) is 0 Å². The van der Waals surface area contributed by atoms with E-state index in [1.165, 1.54) is 10.6 Å². The van der Waals surface area contributed by atoms with Gasteiger partial charge in [-0.05, 0) is 25.2 Å². The lowest BCUT2D eigenvalue weighted by molar-refractivity contribution is 0.123. The second kappa shape index (κ2) is 5.60. The summed E-state index contributed by atoms with van der Waals surface area (Å²) in [5.41, 5.74) is 0.791. The fourth-order valence-corrected chi connectivity index (χ4v) is 3.53. The highest BCUT2D eigenvalue weighted by atomic mass is 32.2. The Labute approximate surface area is 114 Å². The third-order valence-corrected chi connectivity index (χ3v) is 4.89. The molecule has 2 atom stereocenters. The first-order valence-corrected chi connectivity index (χ1v) is 8.33. The van der Waals surface area contributed by atoms with Crippen molar-refractivity contribution in [3.63, 3.8) is 0 Å². The Kier molecular flexibility index (Phi) is 4.27. The number of hydrogen-bond donors (Lipinski definition) is 1. The smallest absolute Gasteiger partial charge is 0.211 e. The highest BCUT2D eigenvalue weighted by Crippen LogP contribution is 2.28. The molecule has 2 rings (SSSR count). The molecule has 1 aliphatic rings. The average molecular weight is 287 g/mol. The van der Waals surface area contributed by atoms with E-state index in [9.17, 15) is 13.5 Å². The third-order valence-electron chi connectivity index (χ3n) is 3.62. The Bertz CT molecular complexity index is 526. The Balaban J connectivity index is 1.95. The van der Waals surface area contributed by atoms with Gasteiger partial charge in [0.15, 0.2) is 0 Å². The molecule has 1 aromatic heterocycles. The Hall–Kier alpha value is -0.920. The normalized spacial score (nSPS) is 23.4. The summed E-state index contributed by atoms with van der Waals surface area (Å²) in [4.78, 5) is 0. The zero-order valence-electron chi connectivity index (χ0n) is 11.4. The molecule has 19 heavy (non-hydrogen) atoms. The highest BCUT2D eigenvalue weighted by molar-refractivity contribution is 7.88. The van der Waals surface area contributed by atoms with Crippen molar-refractivity contribution in [2.75, 3.05) is 19.3 Å². The van der Waals surface area contributed by atoms with E-state index < -0.39 is 16.1 Å². The van der Waals surface area contributed by atoms with Crippen LogP contribution in [0.25, 0.3) is 0 Å². The number of aliphatic hydroxyl groups excluding tert-OH is 1. The van der Waals surface area contributed by atoms with Gasteiger partial charge in [-0.1, -0.05) is 0 Å². The lowest BCUT2D eigenvalue weighted by Crippen LogP contribution is -2.39. The Morgan fingerprint density at radius 3 is 2.89 bits per heavy atom. The van der Waals surface area contributed by atoms with Crippen molar-refractivity contribution >= 4 is 10.0 Å². The summed E-state index contributed by atoms with van der Waals surface area (Å²) >= 11 is 0. The molecular weight excluding hydrogens is 266 g/mol. The first-order valence-electron chi connectivity index (χ1n) is 6.48. The lowest BCUT2D eigenvalue weighted by atomic mass is 9.92. The zero-order chi connectivity index (χ0) is 14.0. The first-order chi connectivity index (χ1) is 8.86. The van der Waals surface area contributed by atoms with Crippen LogP contribution in [-0.2, 0) is 17.1 Å². The SMILES string of the molecule is Cn1cc(C(O)CC2CCCN(S(C)(=O)=O)C2)cn1. The number of piperidine rings is 1. The molecular formula is C12H21N3O3S. The topological polar surface area (TPSA) is 75.4 Å². The second-order valence-corrected chi connectivity index (χ2v) is 7.31. The number of sulfonamides is 1. The number of hydrogen-bond acceptors (Lipinski definition) is 4. The zero-order valence-corrected chi connectivity index (χ0v) is 12.2. The van der Waals surface area contributed by atoms with Crippen molar-refractivity contribution < 1.29 is 13.5 Å². The van der Waals surface area contributed by atoms with E-state index >= 15 is 0 Å². The molecule has 1 N–H and O–H groups in total. The van der Waals surface area contributed by atoms with Crippen LogP contribution >= 0.6 is 0 Å². The second-order valence-electron chi connectivity index (χ2n) is 5.33. The van der Waals surface area contributed by atoms with Gasteiger partial charge in [-0.15, -0.1) is 0 Å². The Morgan fingerprint density at radius 2 is 2.32 bits per heavy atom. The van der Waals surface area contributed by atoms with Crippen LogP contribution in [0, 0.1) is 5.92 Å². The van der Waals surface area contributed by atoms with Gasteiger partial charge in [0.25, 0.3) is 0 Å². The van der Waals surface area contributed by atoms with E-state index in [1.54, 1.807) is 17.1 Å². The molecule has 1 aromatic rings. The minimum absolute atomic E-state index is 0.207. The molecule has 1 fully saturated rings. The maximum Gasteiger partial charge on any atom is 0.211 e. The van der Waals surface area contributed by atoms with Crippen LogP contribution in [0.4, 0.5) is 0 Å². The lowest BCUT2D eigenvalue weighted by Gasteiger charge is -2.31. The van der Waals surface area contributed by atoms with Crippen molar-refractivity contribution in [3.05, 3.63) is 18.0 Å². The number of aromatic nitrogens is 2. The van der Waals surface area contributed by atoms with Gasteiger partial charge < -0.3 is 5.11 Å². The minimum atomic E-state index is -3.12. The summed E-state index contributed by atoms with van der Waals surface area (Å²) in [5, 5.41) is 14.2. The predicted octanol–water partition coefficient (Wildman–Crippen LogP) is 0.515. The molecule has 0 radical (unpaired) electrons. The molecule has 2 heterocycles. The number of aliphatic hydroxyl groups is 1. The largest absolute Gasteiger partial charge is 0.388 e. The summed E-state index contributed by atoms with van der Waals surface area (Å²) in [5.74, 6) is 0.207. The minimum Gasteiger partial charge on any atom is -0.388 e. The molecule has 0 spiro atoms. The van der Waals surface area contributed by atoms with Gasteiger partial charge >= 0.3 is 0 Å². The number of nitrogens with zero attached hydrogens (tertiary/aromatic N) is 3. The van der Waals surface area contributed by atoms with Gasteiger partial charge in [-0.3, -0.25) is 4.68 Å². The monoisotopic (exact) mass is 287 g/mol. The maximum absolute atomic E-state index is 11.5. The molecule has 0 saturated carbocycles. The van der Waals surface area contributed by atoms with E-state index in [0.717, 1.165) is 18.4 Å². The van der Waals surface area contributed by atoms with E-state index in [-0.39, 0.29) is 5.92 Å². The molecule has 6 nitrogen and oxygen atoms in total. The Morgan fingerprint density at radius 1 is 1.58 bits per heavy atom. The summed E-state index contributed by atoms with van der Waals surface area (Å²) in [6, 6.07) is 0. The van der Waals surface area contributed by atoms with Gasteiger partial charge in [0, 0.05) is 31.9 Å². The molecule has 7 heteroatoms. The summed E-state index contributed by atoms with van der Waals surface area (Å²) in [6.45, 7) is 1.11. The van der Waals surface area contributed by atoms with Crippen LogP contribution in [0.3, 0.4) is 0 Å². The molecule has 0 aliphatic carbocycles. The summed E-state index contributed by atoms with van der Waals surface area (Å²) in [7, 11) is -1.31. The quantitative estimate of drug-likeness (QED) is 0.876. The third kappa shape index (κ3) is 3.77. The van der Waals surface area contributed by atoms with Crippen LogP contribution in [0.1, 0.15) is 30.9 Å². The number of aryl methyl sites for hydroxylation is 1. The van der Waals surface area contributed by atoms with Crippen LogP contribution in [0.2, 0.25) is 0 Å². The van der Waals surface area contributed by atoms with Crippen molar-refractivity contribution in [2.45, 2.75) is 25.4 Å². The molecule has 0 aromatic carbocycles. The van der Waals surface area contributed by atoms with E-state index in [0.29, 0.717) is 19.5 Å². The van der Waals surface area contributed by atoms with Gasteiger partial charge in [0.2, 0.25) is 10.0 Å². The number of rotatable bonds is 4. The van der Waals surface area contributed by atoms with E-state index in [4.69, 9.17) is 0 Å². The van der Waals surface area contributed by atoms with Crippen molar-refractivity contribution in [1.82, 2.24) is 14.1 Å². The van der Waals surface area contributed by atoms with Crippen LogP contribution in [0.15, 0.2) is 12.4 Å². The molecule has 1 saturated heterocycles. The molecule has 1 aliphatic heterocycles. The molecule has 0 amide bonds. The fraction of sp³-hybridized carbons (Fsp3) is 0.750. The maximum atomic E-state index is 11.5. The van der Waals surface area contributed by atoms with E-state index in [1.807, 2.05) is 7.05 Å². The average Bonchev–Trinajstić information content (AvgIpc) is 2.75. The van der Waals surface area contributed by atoms with Crippen LogP contribution in [-0.4, -0.2) is 47.0 Å². The fourth-order valence-electron chi connectivity index (χ4n) is 2.58. The summed E-state index contributed by atoms with van der Waals surface area (Å²) < 4.78 is 26.2. The van der Waals surface area contributed by atoms with Crippen molar-refractivity contribution in [2.24, 2.45) is 13.0 Å². The summed E-state index contributed by atoms with van der Waals surface area (Å²) in [6.07, 6.45) is 6.52. The van der Waals surface area contributed by atoms with Gasteiger partial charge in [-0.2, -0.15) is 5.10 Å². The van der Waals surface area contributed by atoms with E-state index in [2.05, 4.69) is 5.10 Å².